The molecule has 1 aromatic heterocycles. The zero-order valence-corrected chi connectivity index (χ0v) is 17.8. The monoisotopic (exact) mass is 448 g/mol. The summed E-state index contributed by atoms with van der Waals surface area (Å²) in [5.74, 6) is -2.41. The third-order valence-corrected chi connectivity index (χ3v) is 5.63. The van der Waals surface area contributed by atoms with Crippen molar-refractivity contribution in [2.24, 2.45) is 0 Å². The summed E-state index contributed by atoms with van der Waals surface area (Å²) in [5, 5.41) is 9.16. The van der Waals surface area contributed by atoms with Crippen molar-refractivity contribution in [3.63, 3.8) is 0 Å². The molecule has 0 saturated carbocycles. The Hall–Kier alpha value is -3.04. The van der Waals surface area contributed by atoms with E-state index in [1.165, 1.54) is 10.8 Å². The van der Waals surface area contributed by atoms with E-state index in [0.717, 1.165) is 17.7 Å². The highest BCUT2D eigenvalue weighted by molar-refractivity contribution is 7.87. The largest absolute Gasteiger partial charge is 0.396 e. The number of benzene rings is 2. The Kier molecular flexibility index (Phi) is 6.87. The molecule has 0 saturated heterocycles. The van der Waals surface area contributed by atoms with Gasteiger partial charge in [0.05, 0.1) is 12.3 Å². The van der Waals surface area contributed by atoms with Crippen molar-refractivity contribution in [3.05, 3.63) is 77.2 Å². The Morgan fingerprint density at radius 3 is 2.35 bits per heavy atom. The molecule has 3 aromatic rings. The predicted molar refractivity (Wildman–Crippen MR) is 113 cm³/mol. The van der Waals surface area contributed by atoms with E-state index in [1.807, 2.05) is 30.3 Å². The van der Waals surface area contributed by atoms with Gasteiger partial charge in [-0.1, -0.05) is 44.2 Å². The van der Waals surface area contributed by atoms with E-state index in [0.29, 0.717) is 11.9 Å². The number of halogens is 2. The maximum Gasteiger partial charge on any atom is 0.357 e. The van der Waals surface area contributed by atoms with Crippen LogP contribution in [-0.4, -0.2) is 29.7 Å². The van der Waals surface area contributed by atoms with Crippen molar-refractivity contribution in [2.75, 3.05) is 6.61 Å². The standard InChI is InChI=1S/C22H22F2N2O4S/c1-15(2)21-22(31(28,29)30-19-13-17(23)12-18(24)14-19)26(20(25-21)9-11-27)10-8-16-6-4-3-5-7-16/h3-8,10,12-15,27H,9,11H2,1-2H3. The fourth-order valence-electron chi connectivity index (χ4n) is 3.00. The van der Waals surface area contributed by atoms with Crippen LogP contribution in [0.4, 0.5) is 8.78 Å². The number of hydrogen-bond donors (Lipinski definition) is 1. The zero-order chi connectivity index (χ0) is 22.6. The zero-order valence-electron chi connectivity index (χ0n) is 17.0. The van der Waals surface area contributed by atoms with E-state index in [9.17, 15) is 22.3 Å². The van der Waals surface area contributed by atoms with Gasteiger partial charge in [-0.05, 0) is 17.6 Å². The van der Waals surface area contributed by atoms with E-state index in [2.05, 4.69) is 4.98 Å². The minimum atomic E-state index is -4.52. The summed E-state index contributed by atoms with van der Waals surface area (Å²) in [6, 6.07) is 11.4. The van der Waals surface area contributed by atoms with Gasteiger partial charge in [-0.3, -0.25) is 4.57 Å². The van der Waals surface area contributed by atoms with E-state index >= 15 is 0 Å². The molecule has 0 aliphatic heterocycles. The molecule has 1 N–H and O–H groups in total. The van der Waals surface area contributed by atoms with Crippen LogP contribution in [0.3, 0.4) is 0 Å². The van der Waals surface area contributed by atoms with E-state index in [1.54, 1.807) is 19.9 Å². The highest BCUT2D eigenvalue weighted by atomic mass is 32.2. The van der Waals surface area contributed by atoms with Crippen LogP contribution in [0, 0.1) is 11.6 Å². The SMILES string of the molecule is CC(C)c1nc(CCO)n(C=Cc2ccccc2)c1S(=O)(=O)Oc1cc(F)cc(F)c1. The van der Waals surface area contributed by atoms with Gasteiger partial charge in [0, 0.05) is 30.8 Å². The number of nitrogens with zero attached hydrogens (tertiary/aromatic N) is 2. The molecule has 1 heterocycles. The van der Waals surface area contributed by atoms with Gasteiger partial charge in [-0.2, -0.15) is 8.42 Å². The van der Waals surface area contributed by atoms with Crippen molar-refractivity contribution in [1.29, 1.82) is 0 Å². The van der Waals surface area contributed by atoms with Crippen molar-refractivity contribution in [2.45, 2.75) is 31.2 Å². The first-order valence-electron chi connectivity index (χ1n) is 9.57. The van der Waals surface area contributed by atoms with Crippen LogP contribution in [0.5, 0.6) is 5.75 Å². The second-order valence-electron chi connectivity index (χ2n) is 7.09. The van der Waals surface area contributed by atoms with Gasteiger partial charge in [0.15, 0.2) is 0 Å². The third-order valence-electron chi connectivity index (χ3n) is 4.34. The molecule has 164 valence electrons. The second-order valence-corrected chi connectivity index (χ2v) is 8.55. The summed E-state index contributed by atoms with van der Waals surface area (Å²) in [5.41, 5.74) is 1.03. The highest BCUT2D eigenvalue weighted by Crippen LogP contribution is 2.29. The molecular weight excluding hydrogens is 426 g/mol. The molecule has 0 amide bonds. The van der Waals surface area contributed by atoms with Gasteiger partial charge in [0.25, 0.3) is 0 Å². The molecular formula is C22H22F2N2O4S. The Morgan fingerprint density at radius 2 is 1.77 bits per heavy atom. The highest BCUT2D eigenvalue weighted by Gasteiger charge is 2.31. The summed E-state index contributed by atoms with van der Waals surface area (Å²) in [7, 11) is -4.52. The van der Waals surface area contributed by atoms with Crippen molar-refractivity contribution in [3.8, 4) is 5.75 Å². The second kappa shape index (κ2) is 9.40. The maximum absolute atomic E-state index is 13.5. The average Bonchev–Trinajstić information content (AvgIpc) is 3.06. The first kappa shape index (κ1) is 22.6. The molecule has 0 atom stereocenters. The smallest absolute Gasteiger partial charge is 0.357 e. The minimum absolute atomic E-state index is 0.100. The van der Waals surface area contributed by atoms with Crippen molar-refractivity contribution < 1.29 is 26.5 Å². The molecule has 0 aliphatic carbocycles. The number of aromatic nitrogens is 2. The number of aliphatic hydroxyl groups excluding tert-OH is 1. The average molecular weight is 448 g/mol. The van der Waals surface area contributed by atoms with Gasteiger partial charge in [-0.15, -0.1) is 0 Å². The first-order valence-corrected chi connectivity index (χ1v) is 11.0. The van der Waals surface area contributed by atoms with Crippen LogP contribution in [0.2, 0.25) is 0 Å². The fraction of sp³-hybridized carbons (Fsp3) is 0.227. The molecule has 2 aromatic carbocycles. The molecule has 0 bridgehead atoms. The molecule has 0 radical (unpaired) electrons. The molecule has 0 spiro atoms. The Morgan fingerprint density at radius 1 is 1.13 bits per heavy atom. The van der Waals surface area contributed by atoms with Crippen LogP contribution in [0.15, 0.2) is 53.6 Å². The Balaban J connectivity index is 2.14. The lowest BCUT2D eigenvalue weighted by atomic mass is 10.1. The van der Waals surface area contributed by atoms with Gasteiger partial charge in [0.2, 0.25) is 5.03 Å². The molecule has 0 unspecified atom stereocenters. The molecule has 0 fully saturated rings. The summed E-state index contributed by atoms with van der Waals surface area (Å²) in [6.45, 7) is 3.28. The summed E-state index contributed by atoms with van der Waals surface area (Å²) in [4.78, 5) is 4.40. The van der Waals surface area contributed by atoms with Crippen LogP contribution in [-0.2, 0) is 16.5 Å². The lowest BCUT2D eigenvalue weighted by molar-refractivity contribution is 0.296. The Labute approximate surface area is 179 Å². The predicted octanol–water partition coefficient (Wildman–Crippen LogP) is 4.22. The van der Waals surface area contributed by atoms with Crippen LogP contribution in [0.25, 0.3) is 12.3 Å². The number of rotatable bonds is 8. The lowest BCUT2D eigenvalue weighted by Crippen LogP contribution is -2.16. The summed E-state index contributed by atoms with van der Waals surface area (Å²) < 4.78 is 59.8. The third kappa shape index (κ3) is 5.36. The molecule has 3 rings (SSSR count). The fourth-order valence-corrected chi connectivity index (χ4v) is 4.38. The Bertz CT molecular complexity index is 1170. The first-order chi connectivity index (χ1) is 14.7. The number of aliphatic hydroxyl groups is 1. The van der Waals surface area contributed by atoms with Crippen LogP contribution in [0.1, 0.15) is 36.8 Å². The van der Waals surface area contributed by atoms with Crippen molar-refractivity contribution >= 4 is 22.4 Å². The summed E-state index contributed by atoms with van der Waals surface area (Å²) >= 11 is 0. The minimum Gasteiger partial charge on any atom is -0.396 e. The topological polar surface area (TPSA) is 81.4 Å². The molecule has 0 aliphatic rings. The molecule has 31 heavy (non-hydrogen) atoms. The quantitative estimate of drug-likeness (QED) is 0.522. The van der Waals surface area contributed by atoms with Crippen LogP contribution < -0.4 is 4.18 Å². The number of hydrogen-bond acceptors (Lipinski definition) is 5. The van der Waals surface area contributed by atoms with Gasteiger partial charge in [-0.25, -0.2) is 13.8 Å². The lowest BCUT2D eigenvalue weighted by Gasteiger charge is -2.12. The molecule has 6 nitrogen and oxygen atoms in total. The van der Waals surface area contributed by atoms with Gasteiger partial charge >= 0.3 is 10.1 Å². The number of imidazole rings is 1. The van der Waals surface area contributed by atoms with E-state index in [-0.39, 0.29) is 29.7 Å². The van der Waals surface area contributed by atoms with Gasteiger partial charge in [0.1, 0.15) is 23.2 Å². The van der Waals surface area contributed by atoms with Gasteiger partial charge < -0.3 is 9.29 Å². The summed E-state index contributed by atoms with van der Waals surface area (Å²) in [6.07, 6.45) is 3.30. The maximum atomic E-state index is 13.5. The normalized spacial score (nSPS) is 12.1. The van der Waals surface area contributed by atoms with Crippen molar-refractivity contribution in [1.82, 2.24) is 9.55 Å². The van der Waals surface area contributed by atoms with E-state index < -0.39 is 27.5 Å². The molecule has 9 heteroatoms. The van der Waals surface area contributed by atoms with Crippen LogP contribution >= 0.6 is 0 Å². The van der Waals surface area contributed by atoms with E-state index in [4.69, 9.17) is 4.18 Å².